The van der Waals surface area contributed by atoms with Crippen LogP contribution in [0.4, 0.5) is 5.69 Å². The van der Waals surface area contributed by atoms with Gasteiger partial charge in [-0.15, -0.1) is 8.15 Å². The molecule has 0 atom stereocenters. The van der Waals surface area contributed by atoms with Crippen molar-refractivity contribution in [2.45, 2.75) is 0 Å². The number of benzene rings is 1. The molecule has 1 aromatic rings. The fourth-order valence-corrected chi connectivity index (χ4v) is 0.889. The number of rotatable bonds is 1. The maximum absolute atomic E-state index is 10.3. The van der Waals surface area contributed by atoms with Crippen LogP contribution in [0.3, 0.4) is 0 Å². The van der Waals surface area contributed by atoms with Gasteiger partial charge in [0.25, 0.3) is 0 Å². The van der Waals surface area contributed by atoms with E-state index in [4.69, 9.17) is 0 Å². The largest absolute Gasteiger partial charge is 0.385 e. The fourth-order valence-electron chi connectivity index (χ4n) is 0.681. The highest BCUT2D eigenvalue weighted by molar-refractivity contribution is 7.51. The van der Waals surface area contributed by atoms with Gasteiger partial charge in [0.2, 0.25) is 5.69 Å². The smallest absolute Gasteiger partial charge is 0.141 e. The van der Waals surface area contributed by atoms with Crippen LogP contribution in [0.25, 0.3) is 0 Å². The molecule has 1 rings (SSSR count). The first kappa shape index (κ1) is 7.15. The molecule has 0 radical (unpaired) electrons. The zero-order chi connectivity index (χ0) is 7.40. The van der Waals surface area contributed by atoms with Crippen molar-refractivity contribution < 1.29 is 8.15 Å². The molecule has 0 aliphatic heterocycles. The summed E-state index contributed by atoms with van der Waals surface area (Å²) in [6.45, 7) is 0. The molecule has 0 heterocycles. The van der Waals surface area contributed by atoms with E-state index in [1.165, 1.54) is 0 Å². The lowest BCUT2D eigenvalue weighted by Gasteiger charge is -1.85. The van der Waals surface area contributed by atoms with Gasteiger partial charge in [0.1, 0.15) is 0 Å². The topological polar surface area (TPSA) is 20.1 Å². The second kappa shape index (κ2) is 3.27. The predicted octanol–water partition coefficient (Wildman–Crippen LogP) is 1.36. The Morgan fingerprint density at radius 3 is 2.40 bits per heavy atom. The molecule has 0 spiro atoms. The Bertz CT molecular complexity index is 264. The lowest BCUT2D eigenvalue weighted by atomic mass is 10.3. The van der Waals surface area contributed by atoms with Crippen molar-refractivity contribution in [2.24, 2.45) is 0 Å². The third-order valence-corrected chi connectivity index (χ3v) is 1.67. The molecular weight excluding hydrogens is 146 g/mol. The zero-order valence-electron chi connectivity index (χ0n) is 5.65. The standard InChI is InChI=1S/C7H8NOS/c1-8(10-9)7-5-3-2-4-6-7/h2-6H,1H3/q+1. The van der Waals surface area contributed by atoms with E-state index in [1.54, 1.807) is 11.0 Å². The third-order valence-electron chi connectivity index (χ3n) is 1.23. The summed E-state index contributed by atoms with van der Waals surface area (Å²) in [4.78, 5) is 0. The van der Waals surface area contributed by atoms with Gasteiger partial charge in [-0.05, 0) is 0 Å². The summed E-state index contributed by atoms with van der Waals surface area (Å²) in [6.07, 6.45) is 0. The Morgan fingerprint density at radius 1 is 1.30 bits per heavy atom. The highest BCUT2D eigenvalue weighted by Crippen LogP contribution is 2.06. The van der Waals surface area contributed by atoms with Crippen LogP contribution in [0.5, 0.6) is 0 Å². The highest BCUT2D eigenvalue weighted by atomic mass is 32.1. The van der Waals surface area contributed by atoms with Crippen LogP contribution in [0, 0.1) is 0 Å². The number of hydrogen-bond acceptors (Lipinski definition) is 1. The van der Waals surface area contributed by atoms with Crippen molar-refractivity contribution in [3.8, 4) is 0 Å². The van der Waals surface area contributed by atoms with Gasteiger partial charge in [-0.1, -0.05) is 18.2 Å². The minimum absolute atomic E-state index is 0.461. The monoisotopic (exact) mass is 154 g/mol. The van der Waals surface area contributed by atoms with E-state index in [9.17, 15) is 4.21 Å². The quantitative estimate of drug-likeness (QED) is 0.559. The lowest BCUT2D eigenvalue weighted by Crippen LogP contribution is -1.90. The van der Waals surface area contributed by atoms with Crippen LogP contribution in [0.1, 0.15) is 0 Å². The van der Waals surface area contributed by atoms with Crippen LogP contribution in [0.15, 0.2) is 30.3 Å². The van der Waals surface area contributed by atoms with Gasteiger partial charge < -0.3 is 0 Å². The molecule has 3 heteroatoms. The molecule has 0 aliphatic carbocycles. The SMILES string of the molecule is C[N+](=S=O)c1ccccc1. The molecular formula is C7H8NOS+. The molecule has 2 nitrogen and oxygen atoms in total. The molecule has 0 saturated heterocycles. The van der Waals surface area contributed by atoms with E-state index in [1.807, 2.05) is 30.3 Å². The van der Waals surface area contributed by atoms with E-state index in [0.29, 0.717) is 11.5 Å². The number of nitrogens with zero attached hydrogens (tertiary/aromatic N) is 1. The van der Waals surface area contributed by atoms with Gasteiger partial charge in [0.15, 0.2) is 7.05 Å². The third kappa shape index (κ3) is 1.51. The highest BCUT2D eigenvalue weighted by Gasteiger charge is 1.98. The van der Waals surface area contributed by atoms with Gasteiger partial charge >= 0.3 is 11.5 Å². The summed E-state index contributed by atoms with van der Waals surface area (Å²) >= 11 is 0.461. The summed E-state index contributed by atoms with van der Waals surface area (Å²) in [5.74, 6) is 0. The molecule has 52 valence electrons. The number of hydrogen-bond donors (Lipinski definition) is 0. The van der Waals surface area contributed by atoms with E-state index in [0.717, 1.165) is 5.69 Å². The van der Waals surface area contributed by atoms with Crippen LogP contribution in [-0.2, 0) is 11.5 Å². The van der Waals surface area contributed by atoms with Crippen LogP contribution in [0.2, 0.25) is 0 Å². The summed E-state index contributed by atoms with van der Waals surface area (Å²) in [5.41, 5.74) is 0.933. The van der Waals surface area contributed by atoms with Crippen molar-refractivity contribution >= 4 is 17.2 Å². The molecule has 10 heavy (non-hydrogen) atoms. The van der Waals surface area contributed by atoms with Gasteiger partial charge in [-0.2, -0.15) is 0 Å². The van der Waals surface area contributed by atoms with Crippen LogP contribution < -0.4 is 0 Å². The minimum atomic E-state index is 0.461. The van der Waals surface area contributed by atoms with E-state index in [2.05, 4.69) is 0 Å². The Hall–Kier alpha value is -0.960. The maximum atomic E-state index is 10.3. The molecule has 0 saturated carbocycles. The summed E-state index contributed by atoms with van der Waals surface area (Å²) < 4.78 is 11.8. The van der Waals surface area contributed by atoms with Crippen molar-refractivity contribution in [1.82, 2.24) is 0 Å². The second-order valence-corrected chi connectivity index (χ2v) is 2.60. The van der Waals surface area contributed by atoms with Crippen molar-refractivity contribution in [2.75, 3.05) is 7.05 Å². The van der Waals surface area contributed by atoms with Crippen molar-refractivity contribution in [1.29, 1.82) is 0 Å². The normalized spacial score (nSPS) is 8.90. The van der Waals surface area contributed by atoms with Crippen LogP contribution >= 0.6 is 0 Å². The molecule has 1 aromatic carbocycles. The first-order valence-corrected chi connectivity index (χ1v) is 3.63. The first-order chi connectivity index (χ1) is 4.84. The van der Waals surface area contributed by atoms with E-state index in [-0.39, 0.29) is 0 Å². The summed E-state index contributed by atoms with van der Waals surface area (Å²) in [6, 6.07) is 9.52. The lowest BCUT2D eigenvalue weighted by molar-refractivity contribution is -0.374. The van der Waals surface area contributed by atoms with Gasteiger partial charge in [0, 0.05) is 12.1 Å². The predicted molar refractivity (Wildman–Crippen MR) is 40.4 cm³/mol. The average Bonchev–Trinajstić information content (AvgIpc) is 2.05. The van der Waals surface area contributed by atoms with E-state index >= 15 is 0 Å². The molecule has 0 amide bonds. The Labute approximate surface area is 63.3 Å². The van der Waals surface area contributed by atoms with Crippen LogP contribution in [-0.4, -0.2) is 15.2 Å². The molecule has 0 aromatic heterocycles. The average molecular weight is 154 g/mol. The van der Waals surface area contributed by atoms with Crippen molar-refractivity contribution in [3.63, 3.8) is 0 Å². The molecule has 0 fully saturated rings. The van der Waals surface area contributed by atoms with Crippen molar-refractivity contribution in [3.05, 3.63) is 30.3 Å². The second-order valence-electron chi connectivity index (χ2n) is 1.91. The maximum Gasteiger partial charge on any atom is 0.385 e. The van der Waals surface area contributed by atoms with Gasteiger partial charge in [-0.3, -0.25) is 0 Å². The van der Waals surface area contributed by atoms with Gasteiger partial charge in [0.05, 0.1) is 0 Å². The van der Waals surface area contributed by atoms with E-state index < -0.39 is 0 Å². The minimum Gasteiger partial charge on any atom is -0.141 e. The fraction of sp³-hybridized carbons (Fsp3) is 0.143. The Kier molecular flexibility index (Phi) is 2.34. The summed E-state index contributed by atoms with van der Waals surface area (Å²) in [5, 5.41) is 0. The van der Waals surface area contributed by atoms with Gasteiger partial charge in [-0.25, -0.2) is 0 Å². The Morgan fingerprint density at radius 2 is 1.90 bits per heavy atom. The number of para-hydroxylation sites is 1. The first-order valence-electron chi connectivity index (χ1n) is 2.93. The molecule has 0 aliphatic rings. The molecule has 0 bridgehead atoms. The molecule has 0 unspecified atom stereocenters. The Balaban J connectivity index is 3.08. The zero-order valence-corrected chi connectivity index (χ0v) is 6.47. The summed E-state index contributed by atoms with van der Waals surface area (Å²) in [7, 11) is 1.74. The molecule has 0 N–H and O–H groups in total.